The second-order valence-corrected chi connectivity index (χ2v) is 4.94. The van der Waals surface area contributed by atoms with E-state index in [-0.39, 0.29) is 29.9 Å². The number of halogens is 1. The highest BCUT2D eigenvalue weighted by Gasteiger charge is 2.06. The van der Waals surface area contributed by atoms with Crippen molar-refractivity contribution in [3.63, 3.8) is 0 Å². The molecule has 1 rings (SSSR count). The Bertz CT molecular complexity index is 491. The zero-order chi connectivity index (χ0) is 15.7. The summed E-state index contributed by atoms with van der Waals surface area (Å²) in [7, 11) is 7.48. The minimum absolute atomic E-state index is 0. The van der Waals surface area contributed by atoms with Crippen LogP contribution in [-0.4, -0.2) is 58.0 Å². The summed E-state index contributed by atoms with van der Waals surface area (Å²) < 4.78 is 0. The molecule has 0 aliphatic heterocycles. The Labute approximate surface area is 149 Å². The molecule has 0 bridgehead atoms. The maximum atomic E-state index is 12.0. The average molecular weight is 419 g/mol. The fraction of sp³-hybridized carbons (Fsp3) is 0.467. The van der Waals surface area contributed by atoms with Gasteiger partial charge < -0.3 is 20.9 Å². The Morgan fingerprint density at radius 2 is 2.00 bits per heavy atom. The number of rotatable bonds is 6. The molecule has 1 aromatic carbocycles. The summed E-state index contributed by atoms with van der Waals surface area (Å²) in [5.74, 6) is 0.674. The van der Waals surface area contributed by atoms with Crippen LogP contribution in [0.4, 0.5) is 0 Å². The number of hydrogen-bond donors (Lipinski definition) is 3. The quantitative estimate of drug-likeness (QED) is 0.364. The van der Waals surface area contributed by atoms with Crippen LogP contribution in [0.3, 0.4) is 0 Å². The van der Waals surface area contributed by atoms with Crippen molar-refractivity contribution in [2.45, 2.75) is 6.54 Å². The lowest BCUT2D eigenvalue weighted by Crippen LogP contribution is -2.34. The van der Waals surface area contributed by atoms with Gasteiger partial charge in [0.1, 0.15) is 0 Å². The molecule has 0 aliphatic rings. The molecule has 1 amide bonds. The SMILES string of the molecule is CN=C(NC)NCc1cccc(C(=O)NCCN(C)C)c1.I. The molecule has 0 fully saturated rings. The van der Waals surface area contributed by atoms with E-state index in [2.05, 4.69) is 20.9 Å². The van der Waals surface area contributed by atoms with E-state index >= 15 is 0 Å². The van der Waals surface area contributed by atoms with Gasteiger partial charge in [0.15, 0.2) is 5.96 Å². The Kier molecular flexibility index (Phi) is 10.6. The highest BCUT2D eigenvalue weighted by atomic mass is 127. The number of carbonyl (C=O) groups excluding carboxylic acids is 1. The second-order valence-electron chi connectivity index (χ2n) is 4.94. The highest BCUT2D eigenvalue weighted by Crippen LogP contribution is 2.05. The van der Waals surface area contributed by atoms with E-state index in [4.69, 9.17) is 0 Å². The van der Waals surface area contributed by atoms with Crippen molar-refractivity contribution in [1.29, 1.82) is 0 Å². The third kappa shape index (κ3) is 7.60. The van der Waals surface area contributed by atoms with Gasteiger partial charge in [0, 0.05) is 39.3 Å². The lowest BCUT2D eigenvalue weighted by molar-refractivity contribution is 0.0951. The predicted molar refractivity (Wildman–Crippen MR) is 102 cm³/mol. The molecule has 0 saturated carbocycles. The maximum Gasteiger partial charge on any atom is 0.251 e. The van der Waals surface area contributed by atoms with Crippen molar-refractivity contribution in [2.75, 3.05) is 41.3 Å². The van der Waals surface area contributed by atoms with Crippen molar-refractivity contribution in [3.8, 4) is 0 Å². The summed E-state index contributed by atoms with van der Waals surface area (Å²) >= 11 is 0. The van der Waals surface area contributed by atoms with Crippen LogP contribution < -0.4 is 16.0 Å². The summed E-state index contributed by atoms with van der Waals surface area (Å²) in [6.45, 7) is 2.08. The van der Waals surface area contributed by atoms with Gasteiger partial charge in [-0.2, -0.15) is 0 Å². The molecule has 0 spiro atoms. The van der Waals surface area contributed by atoms with Crippen molar-refractivity contribution >= 4 is 35.8 Å². The molecule has 3 N–H and O–H groups in total. The summed E-state index contributed by atoms with van der Waals surface area (Å²) in [6, 6.07) is 7.58. The molecular weight excluding hydrogens is 393 g/mol. The lowest BCUT2D eigenvalue weighted by atomic mass is 10.1. The third-order valence-corrected chi connectivity index (χ3v) is 2.95. The van der Waals surface area contributed by atoms with Gasteiger partial charge in [-0.05, 0) is 31.8 Å². The van der Waals surface area contributed by atoms with Crippen molar-refractivity contribution in [3.05, 3.63) is 35.4 Å². The zero-order valence-electron chi connectivity index (χ0n) is 13.6. The summed E-state index contributed by atoms with van der Waals surface area (Å²) in [5, 5.41) is 9.02. The van der Waals surface area contributed by atoms with Crippen molar-refractivity contribution in [2.24, 2.45) is 4.99 Å². The smallest absolute Gasteiger partial charge is 0.251 e. The molecule has 0 aliphatic carbocycles. The first-order chi connectivity index (χ1) is 10.1. The first-order valence-electron chi connectivity index (χ1n) is 6.97. The predicted octanol–water partition coefficient (Wildman–Crippen LogP) is 0.891. The van der Waals surface area contributed by atoms with Gasteiger partial charge in [-0.1, -0.05) is 12.1 Å². The molecule has 22 heavy (non-hydrogen) atoms. The van der Waals surface area contributed by atoms with Crippen molar-refractivity contribution in [1.82, 2.24) is 20.9 Å². The Balaban J connectivity index is 0.00000441. The van der Waals surface area contributed by atoms with Crippen molar-refractivity contribution < 1.29 is 4.79 Å². The minimum Gasteiger partial charge on any atom is -0.359 e. The fourth-order valence-corrected chi connectivity index (χ4v) is 1.78. The molecule has 124 valence electrons. The molecule has 0 heterocycles. The number of nitrogens with zero attached hydrogens (tertiary/aromatic N) is 2. The van der Waals surface area contributed by atoms with Gasteiger partial charge in [-0.15, -0.1) is 24.0 Å². The third-order valence-electron chi connectivity index (χ3n) is 2.95. The Hall–Kier alpha value is -1.35. The average Bonchev–Trinajstić information content (AvgIpc) is 2.48. The summed E-state index contributed by atoms with van der Waals surface area (Å²) in [6.07, 6.45) is 0. The fourth-order valence-electron chi connectivity index (χ4n) is 1.78. The number of nitrogens with one attached hydrogen (secondary N) is 3. The van der Waals surface area contributed by atoms with Gasteiger partial charge >= 0.3 is 0 Å². The van der Waals surface area contributed by atoms with E-state index in [1.54, 1.807) is 7.05 Å². The summed E-state index contributed by atoms with van der Waals surface area (Å²) in [5.41, 5.74) is 1.71. The number of hydrogen-bond acceptors (Lipinski definition) is 3. The van der Waals surface area contributed by atoms with E-state index in [1.165, 1.54) is 0 Å². The van der Waals surface area contributed by atoms with Crippen LogP contribution in [0.15, 0.2) is 29.3 Å². The monoisotopic (exact) mass is 419 g/mol. The number of amides is 1. The first kappa shape index (κ1) is 20.6. The molecular formula is C15H26IN5O. The van der Waals surface area contributed by atoms with Gasteiger partial charge in [-0.3, -0.25) is 9.79 Å². The second kappa shape index (κ2) is 11.2. The van der Waals surface area contributed by atoms with E-state index in [0.717, 1.165) is 18.1 Å². The van der Waals surface area contributed by atoms with Gasteiger partial charge in [-0.25, -0.2) is 0 Å². The van der Waals surface area contributed by atoms with E-state index < -0.39 is 0 Å². The van der Waals surface area contributed by atoms with Crippen LogP contribution in [0.1, 0.15) is 15.9 Å². The number of guanidine groups is 1. The molecule has 6 nitrogen and oxygen atoms in total. The van der Waals surface area contributed by atoms with Crippen LogP contribution in [0.2, 0.25) is 0 Å². The minimum atomic E-state index is -0.0447. The molecule has 7 heteroatoms. The number of benzene rings is 1. The van der Waals surface area contributed by atoms with Crippen LogP contribution in [0, 0.1) is 0 Å². The zero-order valence-corrected chi connectivity index (χ0v) is 16.0. The summed E-state index contributed by atoms with van der Waals surface area (Å²) in [4.78, 5) is 18.1. The number of aliphatic imine (C=N–C) groups is 1. The van der Waals surface area contributed by atoms with Crippen LogP contribution in [-0.2, 0) is 6.54 Å². The maximum absolute atomic E-state index is 12.0. The molecule has 0 aromatic heterocycles. The molecule has 0 atom stereocenters. The highest BCUT2D eigenvalue weighted by molar-refractivity contribution is 14.0. The van der Waals surface area contributed by atoms with Gasteiger partial charge in [0.2, 0.25) is 0 Å². The topological polar surface area (TPSA) is 68.8 Å². The van der Waals surface area contributed by atoms with E-state index in [9.17, 15) is 4.79 Å². The van der Waals surface area contributed by atoms with E-state index in [1.807, 2.05) is 50.3 Å². The molecule has 0 unspecified atom stereocenters. The number of likely N-dealkylation sites (N-methyl/N-ethyl adjacent to an activating group) is 1. The van der Waals surface area contributed by atoms with Gasteiger partial charge in [0.05, 0.1) is 0 Å². The van der Waals surface area contributed by atoms with E-state index in [0.29, 0.717) is 18.7 Å². The normalized spacial score (nSPS) is 10.9. The number of carbonyl (C=O) groups is 1. The molecule has 0 saturated heterocycles. The van der Waals surface area contributed by atoms with Gasteiger partial charge in [0.25, 0.3) is 5.91 Å². The first-order valence-corrected chi connectivity index (χ1v) is 6.97. The van der Waals surface area contributed by atoms with Crippen LogP contribution in [0.5, 0.6) is 0 Å². The Morgan fingerprint density at radius 1 is 1.27 bits per heavy atom. The molecule has 1 aromatic rings. The molecule has 0 radical (unpaired) electrons. The standard InChI is InChI=1S/C15H25N5O.HI/c1-16-15(17-2)19-11-12-6-5-7-13(10-12)14(21)18-8-9-20(3)4;/h5-7,10H,8-9,11H2,1-4H3,(H,18,21)(H2,16,17,19);1H. The van der Waals surface area contributed by atoms with Crippen LogP contribution >= 0.6 is 24.0 Å². The Morgan fingerprint density at radius 3 is 2.59 bits per heavy atom. The largest absolute Gasteiger partial charge is 0.359 e. The lowest BCUT2D eigenvalue weighted by Gasteiger charge is -2.11. The van der Waals surface area contributed by atoms with Crippen LogP contribution in [0.25, 0.3) is 0 Å².